The molecular formula is C30H47NO5. The van der Waals surface area contributed by atoms with Crippen LogP contribution in [-0.2, 0) is 16.0 Å². The van der Waals surface area contributed by atoms with Gasteiger partial charge >= 0.3 is 5.97 Å². The van der Waals surface area contributed by atoms with Crippen molar-refractivity contribution in [2.75, 3.05) is 20.3 Å². The van der Waals surface area contributed by atoms with Crippen LogP contribution in [0.25, 0.3) is 0 Å². The molecule has 0 radical (unpaired) electrons. The molecule has 36 heavy (non-hydrogen) atoms. The number of methoxy groups -OCH3 is 1. The number of fused-ring (bicyclic) bond motifs is 1. The smallest absolute Gasteiger partial charge is 0.303 e. The minimum Gasteiger partial charge on any atom is -0.493 e. The third-order valence-corrected chi connectivity index (χ3v) is 8.32. The van der Waals surface area contributed by atoms with Crippen molar-refractivity contribution in [3.05, 3.63) is 23.3 Å². The van der Waals surface area contributed by atoms with Gasteiger partial charge in [0.2, 0.25) is 6.41 Å². The van der Waals surface area contributed by atoms with Gasteiger partial charge in [0.05, 0.1) is 19.8 Å². The number of nitrogens with zero attached hydrogens (tertiary/aromatic N) is 1. The summed E-state index contributed by atoms with van der Waals surface area (Å²) in [6.07, 6.45) is 18.8. The third-order valence-electron chi connectivity index (χ3n) is 8.32. The maximum atomic E-state index is 11.6. The Kier molecular flexibility index (Phi) is 11.9. The van der Waals surface area contributed by atoms with Gasteiger partial charge in [-0.05, 0) is 67.7 Å². The molecule has 0 saturated heterocycles. The van der Waals surface area contributed by atoms with Gasteiger partial charge in [0, 0.05) is 13.0 Å². The van der Waals surface area contributed by atoms with Crippen LogP contribution in [0.2, 0.25) is 0 Å². The highest BCUT2D eigenvalue weighted by Crippen LogP contribution is 2.41. The molecule has 2 fully saturated rings. The fourth-order valence-corrected chi connectivity index (χ4v) is 6.28. The van der Waals surface area contributed by atoms with Crippen molar-refractivity contribution < 1.29 is 24.2 Å². The minimum absolute atomic E-state index is 0.174. The van der Waals surface area contributed by atoms with Gasteiger partial charge in [0.1, 0.15) is 0 Å². The maximum Gasteiger partial charge on any atom is 0.303 e. The van der Waals surface area contributed by atoms with E-state index in [1.165, 1.54) is 81.8 Å². The van der Waals surface area contributed by atoms with Gasteiger partial charge in [-0.1, -0.05) is 64.2 Å². The summed E-state index contributed by atoms with van der Waals surface area (Å²) in [5.74, 6) is 2.48. The summed E-state index contributed by atoms with van der Waals surface area (Å²) >= 11 is 0. The highest BCUT2D eigenvalue weighted by molar-refractivity contribution is 5.66. The van der Waals surface area contributed by atoms with Crippen LogP contribution < -0.4 is 9.47 Å². The van der Waals surface area contributed by atoms with E-state index in [4.69, 9.17) is 14.6 Å². The van der Waals surface area contributed by atoms with Gasteiger partial charge in [-0.2, -0.15) is 0 Å². The summed E-state index contributed by atoms with van der Waals surface area (Å²) in [6, 6.07) is 4.39. The molecule has 3 aliphatic rings. The highest BCUT2D eigenvalue weighted by Gasteiger charge is 2.29. The van der Waals surface area contributed by atoms with Gasteiger partial charge in [-0.3, -0.25) is 9.59 Å². The molecule has 1 atom stereocenters. The predicted octanol–water partition coefficient (Wildman–Crippen LogP) is 6.94. The first-order valence-corrected chi connectivity index (χ1v) is 14.3. The zero-order valence-electron chi connectivity index (χ0n) is 22.5. The normalized spacial score (nSPS) is 20.6. The van der Waals surface area contributed by atoms with E-state index in [1.54, 1.807) is 7.11 Å². The molecule has 4 rings (SSSR count). The Hall–Kier alpha value is -2.24. The lowest BCUT2D eigenvalue weighted by molar-refractivity contribution is -0.137. The number of carboxylic acids is 1. The molecule has 1 aliphatic heterocycles. The Labute approximate surface area is 217 Å². The fraction of sp³-hybridized carbons (Fsp3) is 0.733. The summed E-state index contributed by atoms with van der Waals surface area (Å²) < 4.78 is 11.3. The van der Waals surface area contributed by atoms with Crippen LogP contribution in [0.5, 0.6) is 11.5 Å². The summed E-state index contributed by atoms with van der Waals surface area (Å²) in [5.41, 5.74) is 2.55. The Balaban J connectivity index is 0.000000275. The van der Waals surface area contributed by atoms with Crippen LogP contribution in [0.15, 0.2) is 12.1 Å². The number of amides is 1. The van der Waals surface area contributed by atoms with Crippen molar-refractivity contribution in [3.8, 4) is 11.5 Å². The number of hydrogen-bond acceptors (Lipinski definition) is 4. The average molecular weight is 502 g/mol. The quantitative estimate of drug-likeness (QED) is 0.351. The molecule has 6 nitrogen and oxygen atoms in total. The van der Waals surface area contributed by atoms with Crippen molar-refractivity contribution in [2.45, 2.75) is 109 Å². The van der Waals surface area contributed by atoms with Crippen molar-refractivity contribution in [1.29, 1.82) is 0 Å². The van der Waals surface area contributed by atoms with E-state index < -0.39 is 5.97 Å². The molecule has 1 N–H and O–H groups in total. The molecule has 1 heterocycles. The van der Waals surface area contributed by atoms with Crippen molar-refractivity contribution >= 4 is 12.4 Å². The SMILES string of the molecule is CCOc1cc2c(cc1OC)CCN(C=O)C2CCC1CCCCC1.O=C(O)CCC1CCCCC1. The number of carboxylic acid groups (broad SMARTS) is 1. The zero-order valence-corrected chi connectivity index (χ0v) is 22.5. The fourth-order valence-electron chi connectivity index (χ4n) is 6.28. The molecule has 1 aromatic carbocycles. The molecule has 0 spiro atoms. The van der Waals surface area contributed by atoms with E-state index in [2.05, 4.69) is 12.1 Å². The van der Waals surface area contributed by atoms with Crippen LogP contribution >= 0.6 is 0 Å². The second-order valence-corrected chi connectivity index (χ2v) is 10.8. The Morgan fingerprint density at radius 3 is 2.17 bits per heavy atom. The van der Waals surface area contributed by atoms with E-state index in [9.17, 15) is 9.59 Å². The van der Waals surface area contributed by atoms with Crippen molar-refractivity contribution in [3.63, 3.8) is 0 Å². The van der Waals surface area contributed by atoms with Crippen LogP contribution in [0.1, 0.15) is 114 Å². The largest absolute Gasteiger partial charge is 0.493 e. The molecule has 0 bridgehead atoms. The van der Waals surface area contributed by atoms with Crippen molar-refractivity contribution in [1.82, 2.24) is 4.90 Å². The van der Waals surface area contributed by atoms with Gasteiger partial charge in [0.25, 0.3) is 0 Å². The number of rotatable bonds is 10. The van der Waals surface area contributed by atoms with E-state index in [0.717, 1.165) is 49.6 Å². The van der Waals surface area contributed by atoms with Crippen LogP contribution in [0, 0.1) is 11.8 Å². The van der Waals surface area contributed by atoms with Gasteiger partial charge in [-0.15, -0.1) is 0 Å². The lowest BCUT2D eigenvalue weighted by Crippen LogP contribution is -2.34. The molecule has 2 saturated carbocycles. The molecule has 6 heteroatoms. The lowest BCUT2D eigenvalue weighted by Gasteiger charge is -2.36. The topological polar surface area (TPSA) is 76.1 Å². The number of ether oxygens (including phenoxy) is 2. The Morgan fingerprint density at radius 2 is 1.61 bits per heavy atom. The Bertz CT molecular complexity index is 814. The number of hydrogen-bond donors (Lipinski definition) is 1. The van der Waals surface area contributed by atoms with Gasteiger partial charge in [-0.25, -0.2) is 0 Å². The molecule has 1 amide bonds. The van der Waals surface area contributed by atoms with E-state index in [1.807, 2.05) is 11.8 Å². The number of carbonyl (C=O) groups is 2. The molecule has 1 unspecified atom stereocenters. The zero-order chi connectivity index (χ0) is 25.8. The summed E-state index contributed by atoms with van der Waals surface area (Å²) in [6.45, 7) is 3.39. The summed E-state index contributed by atoms with van der Waals surface area (Å²) in [4.78, 5) is 23.9. The molecule has 1 aromatic rings. The van der Waals surface area contributed by atoms with Crippen LogP contribution in [-0.4, -0.2) is 42.6 Å². The molecule has 202 valence electrons. The third kappa shape index (κ3) is 8.41. The monoisotopic (exact) mass is 501 g/mol. The number of carbonyl (C=O) groups excluding carboxylic acids is 1. The first kappa shape index (κ1) is 28.3. The molecule has 0 aromatic heterocycles. The van der Waals surface area contributed by atoms with Crippen LogP contribution in [0.4, 0.5) is 0 Å². The minimum atomic E-state index is -0.643. The molecule has 2 aliphatic carbocycles. The maximum absolute atomic E-state index is 11.6. The summed E-state index contributed by atoms with van der Waals surface area (Å²) in [7, 11) is 1.69. The highest BCUT2D eigenvalue weighted by atomic mass is 16.5. The summed E-state index contributed by atoms with van der Waals surface area (Å²) in [5, 5.41) is 8.44. The number of benzene rings is 1. The van der Waals surface area contributed by atoms with Gasteiger partial charge in [0.15, 0.2) is 11.5 Å². The van der Waals surface area contributed by atoms with Gasteiger partial charge < -0.3 is 19.5 Å². The van der Waals surface area contributed by atoms with E-state index in [0.29, 0.717) is 18.9 Å². The average Bonchev–Trinajstić information content (AvgIpc) is 2.92. The second kappa shape index (κ2) is 15.1. The first-order chi connectivity index (χ1) is 17.5. The Morgan fingerprint density at radius 1 is 0.972 bits per heavy atom. The standard InChI is InChI=1S/C21H31NO3.C9H16O2/c1-3-25-21-14-18-17(13-20(21)24-2)11-12-22(15-23)19(18)10-9-16-7-5-4-6-8-16;10-9(11)7-6-8-4-2-1-3-5-8/h13-16,19H,3-12H2,1-2H3;8H,1-7H2,(H,10,11). The van der Waals surface area contributed by atoms with E-state index in [-0.39, 0.29) is 6.04 Å². The molecular weight excluding hydrogens is 454 g/mol. The first-order valence-electron chi connectivity index (χ1n) is 14.3. The van der Waals surface area contributed by atoms with E-state index >= 15 is 0 Å². The van der Waals surface area contributed by atoms with Crippen molar-refractivity contribution in [2.24, 2.45) is 11.8 Å². The second-order valence-electron chi connectivity index (χ2n) is 10.8. The van der Waals surface area contributed by atoms with Crippen LogP contribution in [0.3, 0.4) is 0 Å². The number of aliphatic carboxylic acids is 1. The lowest BCUT2D eigenvalue weighted by atomic mass is 9.82. The predicted molar refractivity (Wildman–Crippen MR) is 143 cm³/mol.